The predicted molar refractivity (Wildman–Crippen MR) is 167 cm³/mol. The number of aromatic nitrogens is 3. The molecule has 1 aliphatic carbocycles. The summed E-state index contributed by atoms with van der Waals surface area (Å²) in [7, 11) is -3.51. The summed E-state index contributed by atoms with van der Waals surface area (Å²) in [5, 5.41) is 3.16. The first-order valence-electron chi connectivity index (χ1n) is 15.3. The van der Waals surface area contributed by atoms with Crippen molar-refractivity contribution in [2.45, 2.75) is 99.0 Å². The summed E-state index contributed by atoms with van der Waals surface area (Å²) in [4.78, 5) is 21.7. The second-order valence-corrected chi connectivity index (χ2v) is 14.2. The van der Waals surface area contributed by atoms with Gasteiger partial charge in [-0.3, -0.25) is 14.3 Å². The second-order valence-electron chi connectivity index (χ2n) is 12.3. The van der Waals surface area contributed by atoms with Gasteiger partial charge in [0.1, 0.15) is 11.7 Å². The Morgan fingerprint density at radius 1 is 1.12 bits per heavy atom. The number of carbonyl (C=O) groups excluding carboxylic acids is 1. The van der Waals surface area contributed by atoms with Gasteiger partial charge in [0.05, 0.1) is 18.0 Å². The summed E-state index contributed by atoms with van der Waals surface area (Å²) in [6.07, 6.45) is 9.36. The molecule has 228 valence electrons. The van der Waals surface area contributed by atoms with Crippen LogP contribution in [0.5, 0.6) is 0 Å². The van der Waals surface area contributed by atoms with Crippen molar-refractivity contribution >= 4 is 33.0 Å². The predicted octanol–water partition coefficient (Wildman–Crippen LogP) is 7.83. The first-order valence-corrected chi connectivity index (χ1v) is 16.9. The molecule has 0 spiro atoms. The van der Waals surface area contributed by atoms with Crippen molar-refractivity contribution in [1.82, 2.24) is 14.6 Å². The topological polar surface area (TPSA) is 110 Å². The number of fused-ring (bicyclic) bond motifs is 1. The molecule has 2 atom stereocenters. The first-order chi connectivity index (χ1) is 19.9. The van der Waals surface area contributed by atoms with Crippen LogP contribution in [0.15, 0.2) is 18.3 Å². The summed E-state index contributed by atoms with van der Waals surface area (Å²) < 4.78 is 36.2. The Morgan fingerprint density at radius 3 is 2.45 bits per heavy atom. The monoisotopic (exact) mass is 595 g/mol. The van der Waals surface area contributed by atoms with E-state index in [2.05, 4.69) is 42.4 Å². The molecule has 42 heavy (non-hydrogen) atoms. The third-order valence-corrected chi connectivity index (χ3v) is 9.97. The highest BCUT2D eigenvalue weighted by Crippen LogP contribution is 2.37. The van der Waals surface area contributed by atoms with Crippen LogP contribution in [0.25, 0.3) is 21.9 Å². The lowest BCUT2D eigenvalue weighted by Gasteiger charge is -2.37. The molecule has 0 saturated heterocycles. The van der Waals surface area contributed by atoms with Crippen LogP contribution in [0.3, 0.4) is 0 Å². The fraction of sp³-hybridized carbons (Fsp3) is 0.594. The van der Waals surface area contributed by atoms with Gasteiger partial charge in [0.15, 0.2) is 11.5 Å². The quantitative estimate of drug-likeness (QED) is 0.126. The summed E-state index contributed by atoms with van der Waals surface area (Å²) in [6, 6.07) is 3.69. The lowest BCUT2D eigenvalue weighted by molar-refractivity contribution is -0.0249. The third-order valence-electron chi connectivity index (χ3n) is 8.61. The molecular formula is C32H45N5O4S. The van der Waals surface area contributed by atoms with E-state index in [0.29, 0.717) is 35.1 Å². The smallest absolute Gasteiger partial charge is 0.331 e. The maximum Gasteiger partial charge on any atom is 0.331 e. The van der Waals surface area contributed by atoms with E-state index in [-0.39, 0.29) is 34.9 Å². The zero-order valence-electron chi connectivity index (χ0n) is 25.8. The Bertz CT molecular complexity index is 1550. The van der Waals surface area contributed by atoms with Crippen LogP contribution in [0, 0.1) is 38.2 Å². The number of sulfonamides is 1. The molecule has 2 aromatic heterocycles. The number of H-pyrrole nitrogens is 1. The van der Waals surface area contributed by atoms with E-state index in [4.69, 9.17) is 16.3 Å². The summed E-state index contributed by atoms with van der Waals surface area (Å²) in [6.45, 7) is 20.1. The summed E-state index contributed by atoms with van der Waals surface area (Å²) in [5.41, 5.74) is 3.57. The van der Waals surface area contributed by atoms with E-state index < -0.39 is 16.0 Å². The van der Waals surface area contributed by atoms with Crippen molar-refractivity contribution in [3.63, 3.8) is 0 Å². The molecule has 9 nitrogen and oxygen atoms in total. The van der Waals surface area contributed by atoms with Gasteiger partial charge in [-0.2, -0.15) is 0 Å². The van der Waals surface area contributed by atoms with Gasteiger partial charge in [-0.05, 0) is 74.1 Å². The number of esters is 1. The number of benzene rings is 1. The molecule has 2 N–H and O–H groups in total. The van der Waals surface area contributed by atoms with Gasteiger partial charge in [0.25, 0.3) is 0 Å². The van der Waals surface area contributed by atoms with Gasteiger partial charge < -0.3 is 4.74 Å². The molecule has 10 heteroatoms. The maximum atomic E-state index is 13.4. The molecule has 0 bridgehead atoms. The van der Waals surface area contributed by atoms with E-state index in [1.807, 2.05) is 19.9 Å². The first kappa shape index (κ1) is 31.6. The summed E-state index contributed by atoms with van der Waals surface area (Å²) >= 11 is 0. The van der Waals surface area contributed by atoms with E-state index >= 15 is 0 Å². The van der Waals surface area contributed by atoms with Crippen LogP contribution in [0.1, 0.15) is 101 Å². The number of rotatable bonds is 12. The zero-order valence-corrected chi connectivity index (χ0v) is 26.6. The standard InChI is InChI=1S/C32H45N5O4S/c1-8-9-10-11-12-13-14-42(39,40)36-26-18-25(17-21(3)24(26)6)30-34-31-28(27(33-7)19-37(31)35-30)32(38)41-29-22(4)15-20(2)16-23(29)5/h17-20,22-23,29,36H,8-16H2,1-6H3,(H,34,35). The van der Waals surface area contributed by atoms with Crippen LogP contribution in [-0.2, 0) is 14.8 Å². The third kappa shape index (κ3) is 7.17. The van der Waals surface area contributed by atoms with Crippen molar-refractivity contribution in [3.05, 3.63) is 46.4 Å². The molecule has 2 unspecified atom stereocenters. The molecule has 2 heterocycles. The average Bonchev–Trinajstić information content (AvgIpc) is 3.48. The Labute approximate surface area is 250 Å². The Kier molecular flexibility index (Phi) is 10.0. The normalized spacial score (nSPS) is 20.9. The Balaban J connectivity index is 1.57. The Hall–Kier alpha value is -3.32. The molecule has 4 rings (SSSR count). The number of carbonyl (C=O) groups is 1. The number of aromatic amines is 1. The van der Waals surface area contributed by atoms with Gasteiger partial charge in [0.2, 0.25) is 15.7 Å². The van der Waals surface area contributed by atoms with E-state index in [9.17, 15) is 13.2 Å². The van der Waals surface area contributed by atoms with Crippen LogP contribution in [-0.4, -0.2) is 40.8 Å². The number of nitrogens with one attached hydrogen (secondary N) is 2. The number of unbranched alkanes of at least 4 members (excludes halogenated alkanes) is 5. The molecule has 3 aromatic rings. The molecule has 1 aliphatic rings. The number of hydrogen-bond acceptors (Lipinski definition) is 5. The molecule has 0 radical (unpaired) electrons. The lowest BCUT2D eigenvalue weighted by atomic mass is 9.75. The number of ether oxygens (including phenoxy) is 1. The minimum Gasteiger partial charge on any atom is -0.459 e. The summed E-state index contributed by atoms with van der Waals surface area (Å²) in [5.74, 6) is 1.05. The molecule has 0 aliphatic heterocycles. The largest absolute Gasteiger partial charge is 0.459 e. The van der Waals surface area contributed by atoms with Gasteiger partial charge in [-0.15, -0.1) is 0 Å². The highest BCUT2D eigenvalue weighted by atomic mass is 32.2. The number of nitrogens with zero attached hydrogens (tertiary/aromatic N) is 3. The van der Waals surface area contributed by atoms with Crippen molar-refractivity contribution in [2.24, 2.45) is 17.8 Å². The van der Waals surface area contributed by atoms with Crippen LogP contribution >= 0.6 is 0 Å². The van der Waals surface area contributed by atoms with Crippen LogP contribution in [0.2, 0.25) is 0 Å². The average molecular weight is 596 g/mol. The Morgan fingerprint density at radius 2 is 1.79 bits per heavy atom. The van der Waals surface area contributed by atoms with Gasteiger partial charge >= 0.3 is 5.97 Å². The molecule has 1 aromatic carbocycles. The van der Waals surface area contributed by atoms with Crippen LogP contribution in [0.4, 0.5) is 11.4 Å². The minimum absolute atomic E-state index is 0.0779. The highest BCUT2D eigenvalue weighted by Gasteiger charge is 2.35. The molecule has 0 amide bonds. The number of anilines is 1. The zero-order chi connectivity index (χ0) is 30.6. The van der Waals surface area contributed by atoms with Crippen molar-refractivity contribution in [1.29, 1.82) is 0 Å². The minimum atomic E-state index is -3.51. The number of hydrogen-bond donors (Lipinski definition) is 2. The molecular weight excluding hydrogens is 550 g/mol. The fourth-order valence-electron chi connectivity index (χ4n) is 6.34. The van der Waals surface area contributed by atoms with Crippen molar-refractivity contribution in [2.75, 3.05) is 10.5 Å². The van der Waals surface area contributed by atoms with Gasteiger partial charge in [0, 0.05) is 11.8 Å². The maximum absolute atomic E-state index is 13.4. The molecule has 1 fully saturated rings. The van der Waals surface area contributed by atoms with Crippen molar-refractivity contribution in [3.8, 4) is 11.4 Å². The van der Waals surface area contributed by atoms with Crippen molar-refractivity contribution < 1.29 is 17.9 Å². The van der Waals surface area contributed by atoms with Gasteiger partial charge in [-0.25, -0.2) is 23.0 Å². The second kappa shape index (κ2) is 13.3. The molecule has 1 saturated carbocycles. The number of aryl methyl sites for hydroxylation is 1. The van der Waals surface area contributed by atoms with Gasteiger partial charge in [-0.1, -0.05) is 59.8 Å². The SMILES string of the molecule is [C-]#[N+]c1cn2[nH]c(-c3cc(C)c(C)c(NS(=O)(=O)CCCCCCCC)c3)nc2c1C(=O)OC1C(C)CC(C)CC1C. The van der Waals surface area contributed by atoms with E-state index in [1.165, 1.54) is 6.42 Å². The highest BCUT2D eigenvalue weighted by molar-refractivity contribution is 7.92. The lowest BCUT2D eigenvalue weighted by Crippen LogP contribution is -2.37. The van der Waals surface area contributed by atoms with Crippen LogP contribution < -0.4 is 4.72 Å². The van der Waals surface area contributed by atoms with E-state index in [0.717, 1.165) is 49.7 Å². The van der Waals surface area contributed by atoms with E-state index in [1.54, 1.807) is 16.8 Å². The fourth-order valence-corrected chi connectivity index (χ4v) is 7.57.